The van der Waals surface area contributed by atoms with Gasteiger partial charge >= 0.3 is 0 Å². The highest BCUT2D eigenvalue weighted by atomic mass is 32.2. The maximum atomic E-state index is 11.0. The summed E-state index contributed by atoms with van der Waals surface area (Å²) in [6.07, 6.45) is 2.62. The molecule has 0 saturated carbocycles. The Bertz CT molecular complexity index is 130. The van der Waals surface area contributed by atoms with Crippen molar-refractivity contribution in [3.63, 3.8) is 0 Å². The van der Waals surface area contributed by atoms with Gasteiger partial charge in [0.25, 0.3) is 0 Å². The Morgan fingerprint density at radius 1 is 1.75 bits per heavy atom. The topological polar surface area (TPSA) is 58.3 Å². The van der Waals surface area contributed by atoms with E-state index < -0.39 is 11.4 Å². The third-order valence-electron chi connectivity index (χ3n) is 1.80. The van der Waals surface area contributed by atoms with Crippen LogP contribution in [0.2, 0.25) is 0 Å². The van der Waals surface area contributed by atoms with E-state index in [1.54, 1.807) is 13.2 Å². The largest absolute Gasteiger partial charge is 0.598 e. The number of rotatable bonds is 6. The van der Waals surface area contributed by atoms with Crippen LogP contribution in [0.5, 0.6) is 0 Å². The molecule has 72 valence electrons. The highest BCUT2D eigenvalue weighted by Gasteiger charge is 2.25. The fourth-order valence-corrected chi connectivity index (χ4v) is 1.88. The van der Waals surface area contributed by atoms with Crippen LogP contribution >= 0.6 is 0 Å². The molecule has 0 saturated heterocycles. The third kappa shape index (κ3) is 4.11. The lowest BCUT2D eigenvalue weighted by atomic mass is 10.0. The van der Waals surface area contributed by atoms with Gasteiger partial charge in [-0.2, -0.15) is 5.14 Å². The van der Waals surface area contributed by atoms with Gasteiger partial charge in [-0.1, -0.05) is 13.0 Å². The van der Waals surface area contributed by atoms with E-state index in [1.807, 2.05) is 6.92 Å². The maximum absolute atomic E-state index is 11.0. The van der Waals surface area contributed by atoms with Crippen molar-refractivity contribution in [2.75, 3.05) is 13.7 Å². The molecule has 2 N–H and O–H groups in total. The predicted molar refractivity (Wildman–Crippen MR) is 52.0 cm³/mol. The second-order valence-corrected chi connectivity index (χ2v) is 4.09. The second kappa shape index (κ2) is 6.48. The van der Waals surface area contributed by atoms with Gasteiger partial charge in [-0.15, -0.1) is 6.58 Å². The summed E-state index contributed by atoms with van der Waals surface area (Å²) in [4.78, 5) is 0. The Morgan fingerprint density at radius 3 is 2.67 bits per heavy atom. The van der Waals surface area contributed by atoms with Crippen LogP contribution in [0.1, 0.15) is 13.3 Å². The molecule has 0 spiro atoms. The van der Waals surface area contributed by atoms with Crippen molar-refractivity contribution in [1.82, 2.24) is 0 Å². The smallest absolute Gasteiger partial charge is 0.161 e. The number of methoxy groups -OCH3 is 1. The molecule has 0 aliphatic carbocycles. The average molecular weight is 191 g/mol. The van der Waals surface area contributed by atoms with Crippen molar-refractivity contribution in [3.8, 4) is 0 Å². The van der Waals surface area contributed by atoms with Gasteiger partial charge in [-0.05, 0) is 6.42 Å². The van der Waals surface area contributed by atoms with Crippen molar-refractivity contribution in [2.45, 2.75) is 18.6 Å². The van der Waals surface area contributed by atoms with Gasteiger partial charge in [0.1, 0.15) is 0 Å². The van der Waals surface area contributed by atoms with Crippen LogP contribution in [0.4, 0.5) is 0 Å². The Hall–Kier alpha value is -0.0300. The van der Waals surface area contributed by atoms with Gasteiger partial charge in [0.05, 0.1) is 6.61 Å². The van der Waals surface area contributed by atoms with Gasteiger partial charge < -0.3 is 9.29 Å². The first-order valence-corrected chi connectivity index (χ1v) is 5.15. The van der Waals surface area contributed by atoms with E-state index in [1.165, 1.54) is 0 Å². The minimum absolute atomic E-state index is 0.0898. The van der Waals surface area contributed by atoms with E-state index in [4.69, 9.17) is 9.88 Å². The minimum atomic E-state index is -1.31. The van der Waals surface area contributed by atoms with E-state index >= 15 is 0 Å². The molecule has 0 bridgehead atoms. The zero-order chi connectivity index (χ0) is 9.56. The van der Waals surface area contributed by atoms with Gasteiger partial charge in [0.15, 0.2) is 5.25 Å². The number of allylic oxidation sites excluding steroid dienone is 1. The van der Waals surface area contributed by atoms with Crippen molar-refractivity contribution in [3.05, 3.63) is 12.7 Å². The number of ether oxygens (including phenoxy) is 1. The van der Waals surface area contributed by atoms with Crippen LogP contribution in [-0.4, -0.2) is 23.5 Å². The Balaban J connectivity index is 3.98. The number of nitrogens with two attached hydrogens (primary N) is 1. The van der Waals surface area contributed by atoms with Gasteiger partial charge in [-0.25, -0.2) is 0 Å². The molecule has 0 aromatic heterocycles. The van der Waals surface area contributed by atoms with Crippen molar-refractivity contribution >= 4 is 11.4 Å². The van der Waals surface area contributed by atoms with Crippen molar-refractivity contribution in [1.29, 1.82) is 0 Å². The van der Waals surface area contributed by atoms with E-state index in [0.717, 1.165) is 6.42 Å². The number of hydrogen-bond donors (Lipinski definition) is 1. The van der Waals surface area contributed by atoms with Gasteiger partial charge in [0, 0.05) is 24.4 Å². The zero-order valence-electron chi connectivity index (χ0n) is 7.66. The molecular weight excluding hydrogens is 174 g/mol. The molecule has 0 aromatic rings. The standard InChI is InChI=1S/C8H17NO2S/c1-4-5-7(2)8(6-11-3)12(9)10/h4,7-8H,1,5-6,9H2,2-3H3/t7-,8+,12?/m0/s1. The summed E-state index contributed by atoms with van der Waals surface area (Å²) >= 11 is -1.31. The van der Waals surface area contributed by atoms with Crippen LogP contribution in [0.3, 0.4) is 0 Å². The Labute approximate surface area is 77.3 Å². The normalized spacial score (nSPS) is 18.3. The Kier molecular flexibility index (Phi) is 6.47. The molecule has 0 amide bonds. The molecule has 0 aromatic carbocycles. The van der Waals surface area contributed by atoms with Crippen molar-refractivity contribution < 1.29 is 9.29 Å². The van der Waals surface area contributed by atoms with Gasteiger partial charge in [0.2, 0.25) is 0 Å². The van der Waals surface area contributed by atoms with E-state index in [2.05, 4.69) is 6.58 Å². The lowest BCUT2D eigenvalue weighted by molar-refractivity contribution is 0.182. The van der Waals surface area contributed by atoms with Crippen molar-refractivity contribution in [2.24, 2.45) is 11.1 Å². The fraction of sp³-hybridized carbons (Fsp3) is 0.750. The zero-order valence-corrected chi connectivity index (χ0v) is 8.47. The highest BCUT2D eigenvalue weighted by Crippen LogP contribution is 2.14. The second-order valence-electron chi connectivity index (χ2n) is 2.82. The first-order valence-electron chi connectivity index (χ1n) is 3.88. The highest BCUT2D eigenvalue weighted by molar-refractivity contribution is 7.89. The summed E-state index contributed by atoms with van der Waals surface area (Å²) in [5, 5.41) is 5.22. The van der Waals surface area contributed by atoms with E-state index in [-0.39, 0.29) is 11.2 Å². The van der Waals surface area contributed by atoms with Crippen LogP contribution in [-0.2, 0) is 16.1 Å². The van der Waals surface area contributed by atoms with Gasteiger partial charge in [-0.3, -0.25) is 0 Å². The molecule has 4 heteroatoms. The van der Waals surface area contributed by atoms with E-state index in [0.29, 0.717) is 6.61 Å². The lowest BCUT2D eigenvalue weighted by Crippen LogP contribution is -2.37. The molecule has 0 rings (SSSR count). The molecule has 1 unspecified atom stereocenters. The maximum Gasteiger partial charge on any atom is 0.161 e. The van der Waals surface area contributed by atoms with E-state index in [9.17, 15) is 4.55 Å². The summed E-state index contributed by atoms with van der Waals surface area (Å²) in [5.74, 6) is 0.258. The molecular formula is C8H17NO2S. The summed E-state index contributed by atoms with van der Waals surface area (Å²) in [5.41, 5.74) is 0. The van der Waals surface area contributed by atoms with Crippen LogP contribution in [0, 0.1) is 5.92 Å². The average Bonchev–Trinajstić information content (AvgIpc) is 1.99. The third-order valence-corrected chi connectivity index (χ3v) is 3.00. The Morgan fingerprint density at radius 2 is 2.33 bits per heavy atom. The first kappa shape index (κ1) is 12.0. The summed E-state index contributed by atoms with van der Waals surface area (Å²) < 4.78 is 16.0. The first-order chi connectivity index (χ1) is 5.63. The molecule has 0 aliphatic rings. The number of hydrogen-bond acceptors (Lipinski definition) is 3. The van der Waals surface area contributed by atoms with Crippen LogP contribution in [0.25, 0.3) is 0 Å². The molecule has 3 atom stereocenters. The summed E-state index contributed by atoms with van der Waals surface area (Å²) in [7, 11) is 1.58. The quantitative estimate of drug-likeness (QED) is 0.500. The summed E-state index contributed by atoms with van der Waals surface area (Å²) in [6, 6.07) is 0. The lowest BCUT2D eigenvalue weighted by Gasteiger charge is -2.21. The molecule has 0 fully saturated rings. The molecule has 0 aliphatic heterocycles. The minimum Gasteiger partial charge on any atom is -0.598 e. The predicted octanol–water partition coefficient (Wildman–Crippen LogP) is 0.836. The molecule has 12 heavy (non-hydrogen) atoms. The monoisotopic (exact) mass is 191 g/mol. The molecule has 0 heterocycles. The fourth-order valence-electron chi connectivity index (χ4n) is 1.04. The van der Waals surface area contributed by atoms with Crippen LogP contribution in [0.15, 0.2) is 12.7 Å². The molecule has 0 radical (unpaired) electrons. The van der Waals surface area contributed by atoms with Crippen LogP contribution < -0.4 is 5.14 Å². The molecule has 3 nitrogen and oxygen atoms in total. The SMILES string of the molecule is C=CC[C@H](C)[C@@H](COC)[S+](N)[O-]. The summed E-state index contributed by atoms with van der Waals surface area (Å²) in [6.45, 7) is 6.06.